The minimum absolute atomic E-state index is 0.144. The fourth-order valence-electron chi connectivity index (χ4n) is 1.98. The van der Waals surface area contributed by atoms with Crippen LogP contribution >= 0.6 is 0 Å². The Kier molecular flexibility index (Phi) is 2.99. The zero-order valence-corrected chi connectivity index (χ0v) is 10.3. The van der Waals surface area contributed by atoms with Gasteiger partial charge in [0.15, 0.2) is 0 Å². The van der Waals surface area contributed by atoms with E-state index in [1.54, 1.807) is 22.6 Å². The number of hydrogen-bond acceptors (Lipinski definition) is 3. The van der Waals surface area contributed by atoms with E-state index in [1.165, 1.54) is 6.20 Å². The summed E-state index contributed by atoms with van der Waals surface area (Å²) in [6.45, 7) is 4.73. The largest absolute Gasteiger partial charge is 0.263 e. The van der Waals surface area contributed by atoms with Gasteiger partial charge in [-0.2, -0.15) is 4.31 Å². The van der Waals surface area contributed by atoms with Crippen molar-refractivity contribution in [3.63, 3.8) is 0 Å². The van der Waals surface area contributed by atoms with Gasteiger partial charge in [-0.05, 0) is 24.5 Å². The van der Waals surface area contributed by atoms with Crippen LogP contribution in [0.5, 0.6) is 0 Å². The summed E-state index contributed by atoms with van der Waals surface area (Å²) in [4.78, 5) is 4.15. The predicted octanol–water partition coefficient (Wildman–Crippen LogP) is 1.50. The van der Waals surface area contributed by atoms with Gasteiger partial charge >= 0.3 is 0 Å². The highest BCUT2D eigenvalue weighted by molar-refractivity contribution is 7.89. The lowest BCUT2D eigenvalue weighted by Gasteiger charge is -2.42. The summed E-state index contributed by atoms with van der Waals surface area (Å²) in [5, 5.41) is 0. The van der Waals surface area contributed by atoms with Crippen LogP contribution in [-0.2, 0) is 10.0 Å². The molecular weight excluding hydrogens is 224 g/mol. The zero-order chi connectivity index (χ0) is 11.8. The van der Waals surface area contributed by atoms with Crippen LogP contribution in [0.3, 0.4) is 0 Å². The highest BCUT2D eigenvalue weighted by atomic mass is 32.2. The maximum absolute atomic E-state index is 12.2. The van der Waals surface area contributed by atoms with Gasteiger partial charge in [0.2, 0.25) is 10.0 Å². The normalized spacial score (nSPS) is 22.1. The summed E-state index contributed by atoms with van der Waals surface area (Å²) < 4.78 is 26.0. The van der Waals surface area contributed by atoms with E-state index in [-0.39, 0.29) is 6.04 Å². The molecule has 0 radical (unpaired) electrons. The van der Waals surface area contributed by atoms with Crippen LogP contribution in [0.15, 0.2) is 29.4 Å². The SMILES string of the molecule is CC(C)C1CCN1S(=O)(=O)c1cccnc1. The molecule has 1 unspecified atom stereocenters. The van der Waals surface area contributed by atoms with Gasteiger partial charge in [-0.25, -0.2) is 8.42 Å². The molecule has 1 aromatic rings. The van der Waals surface area contributed by atoms with Crippen LogP contribution in [0.2, 0.25) is 0 Å². The van der Waals surface area contributed by atoms with E-state index in [1.807, 2.05) is 0 Å². The molecule has 1 aliphatic heterocycles. The first-order valence-electron chi connectivity index (χ1n) is 5.45. The Morgan fingerprint density at radius 2 is 2.25 bits per heavy atom. The van der Waals surface area contributed by atoms with E-state index in [0.717, 1.165) is 6.42 Å². The molecule has 1 atom stereocenters. The van der Waals surface area contributed by atoms with E-state index in [2.05, 4.69) is 18.8 Å². The molecule has 0 aliphatic carbocycles. The predicted molar refractivity (Wildman–Crippen MR) is 61.4 cm³/mol. The van der Waals surface area contributed by atoms with Crippen LogP contribution in [0.1, 0.15) is 20.3 Å². The summed E-state index contributed by atoms with van der Waals surface area (Å²) in [7, 11) is -3.33. The van der Waals surface area contributed by atoms with Gasteiger partial charge in [0.05, 0.1) is 0 Å². The second-order valence-corrected chi connectivity index (χ2v) is 6.30. The Hall–Kier alpha value is -0.940. The van der Waals surface area contributed by atoms with Crippen molar-refractivity contribution >= 4 is 10.0 Å². The molecule has 1 fully saturated rings. The number of rotatable bonds is 3. The number of hydrogen-bond donors (Lipinski definition) is 0. The monoisotopic (exact) mass is 240 g/mol. The van der Waals surface area contributed by atoms with Crippen molar-refractivity contribution in [1.29, 1.82) is 0 Å². The summed E-state index contributed by atoms with van der Waals surface area (Å²) in [5.74, 6) is 0.361. The highest BCUT2D eigenvalue weighted by Gasteiger charge is 2.39. The molecule has 0 spiro atoms. The van der Waals surface area contributed by atoms with Crippen molar-refractivity contribution in [2.24, 2.45) is 5.92 Å². The second-order valence-electron chi connectivity index (χ2n) is 4.40. The fourth-order valence-corrected chi connectivity index (χ4v) is 3.75. The molecule has 1 aliphatic rings. The summed E-state index contributed by atoms with van der Waals surface area (Å²) in [6, 6.07) is 3.39. The minimum atomic E-state index is -3.33. The molecule has 0 aromatic carbocycles. The Morgan fingerprint density at radius 1 is 1.50 bits per heavy atom. The fraction of sp³-hybridized carbons (Fsp3) is 0.545. The van der Waals surface area contributed by atoms with Crippen LogP contribution in [0, 0.1) is 5.92 Å². The van der Waals surface area contributed by atoms with Crippen LogP contribution < -0.4 is 0 Å². The summed E-state index contributed by atoms with van der Waals surface area (Å²) in [6.07, 6.45) is 3.94. The Balaban J connectivity index is 2.28. The van der Waals surface area contributed by atoms with E-state index >= 15 is 0 Å². The maximum Gasteiger partial charge on any atom is 0.244 e. The molecule has 0 amide bonds. The molecular formula is C11H16N2O2S. The smallest absolute Gasteiger partial charge is 0.244 e. The average molecular weight is 240 g/mol. The lowest BCUT2D eigenvalue weighted by Crippen LogP contribution is -2.53. The lowest BCUT2D eigenvalue weighted by atomic mass is 9.95. The zero-order valence-electron chi connectivity index (χ0n) is 9.50. The van der Waals surface area contributed by atoms with Gasteiger partial charge in [-0.3, -0.25) is 4.98 Å². The lowest BCUT2D eigenvalue weighted by molar-refractivity contribution is 0.150. The summed E-state index contributed by atoms with van der Waals surface area (Å²) in [5.41, 5.74) is 0. The molecule has 0 saturated carbocycles. The quantitative estimate of drug-likeness (QED) is 0.804. The number of aromatic nitrogens is 1. The maximum atomic E-state index is 12.2. The number of pyridine rings is 1. The first kappa shape index (κ1) is 11.5. The van der Waals surface area contributed by atoms with Crippen molar-refractivity contribution < 1.29 is 8.42 Å². The molecule has 2 rings (SSSR count). The van der Waals surface area contributed by atoms with E-state index in [0.29, 0.717) is 17.4 Å². The summed E-state index contributed by atoms with van der Waals surface area (Å²) >= 11 is 0. The van der Waals surface area contributed by atoms with Crippen molar-refractivity contribution in [2.45, 2.75) is 31.2 Å². The number of sulfonamides is 1. The molecule has 1 aromatic heterocycles. The highest BCUT2D eigenvalue weighted by Crippen LogP contribution is 2.30. The Labute approximate surface area is 96.4 Å². The standard InChI is InChI=1S/C11H16N2O2S/c1-9(2)11-5-7-13(11)16(14,15)10-4-3-6-12-8-10/h3-4,6,8-9,11H,5,7H2,1-2H3. The van der Waals surface area contributed by atoms with Crippen molar-refractivity contribution in [1.82, 2.24) is 9.29 Å². The molecule has 2 heterocycles. The van der Waals surface area contributed by atoms with Gasteiger partial charge < -0.3 is 0 Å². The van der Waals surface area contributed by atoms with Crippen LogP contribution in [-0.4, -0.2) is 30.3 Å². The van der Waals surface area contributed by atoms with E-state index in [9.17, 15) is 8.42 Å². The third-order valence-corrected chi connectivity index (χ3v) is 4.93. The first-order valence-corrected chi connectivity index (χ1v) is 6.89. The van der Waals surface area contributed by atoms with E-state index < -0.39 is 10.0 Å². The molecule has 0 N–H and O–H groups in total. The Bertz CT molecular complexity index is 456. The Morgan fingerprint density at radius 3 is 2.69 bits per heavy atom. The van der Waals surface area contributed by atoms with Crippen molar-refractivity contribution in [3.8, 4) is 0 Å². The van der Waals surface area contributed by atoms with Gasteiger partial charge in [-0.15, -0.1) is 0 Å². The molecule has 4 nitrogen and oxygen atoms in total. The van der Waals surface area contributed by atoms with Gasteiger partial charge in [0.1, 0.15) is 4.90 Å². The van der Waals surface area contributed by atoms with Crippen LogP contribution in [0.25, 0.3) is 0 Å². The molecule has 0 bridgehead atoms. The van der Waals surface area contributed by atoms with Crippen LogP contribution in [0.4, 0.5) is 0 Å². The first-order chi connectivity index (χ1) is 7.53. The van der Waals surface area contributed by atoms with Gasteiger partial charge in [0, 0.05) is 25.0 Å². The third-order valence-electron chi connectivity index (χ3n) is 3.03. The molecule has 16 heavy (non-hydrogen) atoms. The van der Waals surface area contributed by atoms with Gasteiger partial charge in [0.25, 0.3) is 0 Å². The topological polar surface area (TPSA) is 50.3 Å². The molecule has 88 valence electrons. The third kappa shape index (κ3) is 1.85. The second kappa shape index (κ2) is 4.14. The van der Waals surface area contributed by atoms with E-state index in [4.69, 9.17) is 0 Å². The molecule has 5 heteroatoms. The minimum Gasteiger partial charge on any atom is -0.263 e. The van der Waals surface area contributed by atoms with Crippen molar-refractivity contribution in [2.75, 3.05) is 6.54 Å². The van der Waals surface area contributed by atoms with Gasteiger partial charge in [-0.1, -0.05) is 13.8 Å². The average Bonchev–Trinajstić information content (AvgIpc) is 2.15. The van der Waals surface area contributed by atoms with Crippen molar-refractivity contribution in [3.05, 3.63) is 24.5 Å². The molecule has 1 saturated heterocycles. The number of nitrogens with zero attached hydrogens (tertiary/aromatic N) is 2.